The van der Waals surface area contributed by atoms with E-state index in [1.807, 2.05) is 35.0 Å². The van der Waals surface area contributed by atoms with Gasteiger partial charge < -0.3 is 9.88 Å². The second-order valence-electron chi connectivity index (χ2n) is 6.53. The number of hydrogen-bond donors (Lipinski definition) is 1. The van der Waals surface area contributed by atoms with Gasteiger partial charge in [-0.25, -0.2) is 13.4 Å². The molecule has 1 aromatic heterocycles. The second kappa shape index (κ2) is 8.67. The van der Waals surface area contributed by atoms with Gasteiger partial charge in [0.15, 0.2) is 0 Å². The topological polar surface area (TPSA) is 84.3 Å². The third kappa shape index (κ3) is 4.96. The van der Waals surface area contributed by atoms with Gasteiger partial charge in [-0.15, -0.1) is 0 Å². The van der Waals surface area contributed by atoms with Crippen molar-refractivity contribution in [3.8, 4) is 5.69 Å². The van der Waals surface area contributed by atoms with Crippen LogP contribution in [0.4, 0.5) is 5.69 Å². The quantitative estimate of drug-likeness (QED) is 0.622. The molecule has 1 N–H and O–H groups in total. The fourth-order valence-electron chi connectivity index (χ4n) is 3.07. The van der Waals surface area contributed by atoms with E-state index in [0.717, 1.165) is 21.8 Å². The molecule has 0 fully saturated rings. The van der Waals surface area contributed by atoms with E-state index in [1.165, 1.54) is 6.07 Å². The second-order valence-corrected chi connectivity index (χ2v) is 8.83. The van der Waals surface area contributed by atoms with Crippen molar-refractivity contribution in [2.75, 3.05) is 10.6 Å². The first-order chi connectivity index (χ1) is 13.8. The fraction of sp³-hybridized carbons (Fsp3) is 0.200. The van der Waals surface area contributed by atoms with Gasteiger partial charge in [0.2, 0.25) is 15.9 Å². The molecule has 0 aliphatic heterocycles. The minimum Gasteiger partial charge on any atom is -0.350 e. The zero-order chi connectivity index (χ0) is 21.0. The monoisotopic (exact) mass is 432 g/mol. The lowest BCUT2D eigenvalue weighted by Crippen LogP contribution is -2.47. The summed E-state index contributed by atoms with van der Waals surface area (Å²) in [7, 11) is -3.70. The highest BCUT2D eigenvalue weighted by molar-refractivity contribution is 7.92. The Labute approximate surface area is 175 Å². The lowest BCUT2D eigenvalue weighted by Gasteiger charge is -2.28. The smallest absolute Gasteiger partial charge is 0.243 e. The molecular formula is C20H21ClN4O3S. The molecule has 1 atom stereocenters. The molecule has 3 rings (SSSR count). The van der Waals surface area contributed by atoms with Crippen molar-refractivity contribution in [1.29, 1.82) is 0 Å². The van der Waals surface area contributed by atoms with Gasteiger partial charge in [0.1, 0.15) is 6.04 Å². The van der Waals surface area contributed by atoms with Crippen LogP contribution in [-0.4, -0.2) is 36.2 Å². The van der Waals surface area contributed by atoms with Crippen LogP contribution >= 0.6 is 11.6 Å². The van der Waals surface area contributed by atoms with Crippen molar-refractivity contribution in [2.45, 2.75) is 19.5 Å². The average molecular weight is 433 g/mol. The Balaban J connectivity index is 1.80. The van der Waals surface area contributed by atoms with E-state index < -0.39 is 22.0 Å². The predicted octanol–water partition coefficient (Wildman–Crippen LogP) is 3.00. The number of rotatable bonds is 7. The van der Waals surface area contributed by atoms with Gasteiger partial charge in [0.05, 0.1) is 24.0 Å². The molecule has 29 heavy (non-hydrogen) atoms. The van der Waals surface area contributed by atoms with E-state index in [-0.39, 0.29) is 6.54 Å². The van der Waals surface area contributed by atoms with Crippen LogP contribution in [0.2, 0.25) is 5.02 Å². The highest BCUT2D eigenvalue weighted by Gasteiger charge is 2.29. The number of nitrogens with zero attached hydrogens (tertiary/aromatic N) is 3. The first kappa shape index (κ1) is 20.9. The Hall–Kier alpha value is -2.84. The minimum atomic E-state index is -3.70. The highest BCUT2D eigenvalue weighted by atomic mass is 35.5. The number of hydrogen-bond acceptors (Lipinski definition) is 4. The molecule has 0 saturated carbocycles. The first-order valence-electron chi connectivity index (χ1n) is 8.86. The molecule has 0 spiro atoms. The number of halogens is 1. The number of sulfonamides is 1. The van der Waals surface area contributed by atoms with Crippen LogP contribution < -0.4 is 9.62 Å². The average Bonchev–Trinajstić information content (AvgIpc) is 3.20. The number of carbonyl (C=O) groups excluding carboxylic acids is 1. The number of para-hydroxylation sites is 1. The predicted molar refractivity (Wildman–Crippen MR) is 114 cm³/mol. The Morgan fingerprint density at radius 2 is 2.00 bits per heavy atom. The maximum Gasteiger partial charge on any atom is 0.243 e. The molecular weight excluding hydrogens is 412 g/mol. The normalized spacial score (nSPS) is 12.4. The van der Waals surface area contributed by atoms with E-state index in [0.29, 0.717) is 10.7 Å². The van der Waals surface area contributed by atoms with Crippen LogP contribution in [0.5, 0.6) is 0 Å². The van der Waals surface area contributed by atoms with Crippen LogP contribution in [-0.2, 0) is 21.4 Å². The molecule has 0 saturated heterocycles. The molecule has 2 aromatic carbocycles. The van der Waals surface area contributed by atoms with Crippen molar-refractivity contribution >= 4 is 33.2 Å². The van der Waals surface area contributed by atoms with Gasteiger partial charge >= 0.3 is 0 Å². The molecule has 9 heteroatoms. The maximum atomic E-state index is 12.8. The van der Waals surface area contributed by atoms with Crippen molar-refractivity contribution in [1.82, 2.24) is 14.9 Å². The standard InChI is InChI=1S/C20H21ClN4O3S/c1-15(25(29(2,27)28)18-8-5-7-17(21)12-18)20(26)23-13-16-6-3-4-9-19(16)24-11-10-22-14-24/h3-12,14-15H,13H2,1-2H3,(H,23,26). The lowest BCUT2D eigenvalue weighted by molar-refractivity contribution is -0.122. The van der Waals surface area contributed by atoms with E-state index in [2.05, 4.69) is 10.3 Å². The minimum absolute atomic E-state index is 0.241. The molecule has 152 valence electrons. The molecule has 1 unspecified atom stereocenters. The number of carbonyl (C=O) groups is 1. The van der Waals surface area contributed by atoms with Gasteiger partial charge in [0.25, 0.3) is 0 Å². The lowest BCUT2D eigenvalue weighted by atomic mass is 10.1. The summed E-state index contributed by atoms with van der Waals surface area (Å²) in [4.78, 5) is 16.8. The number of nitrogens with one attached hydrogen (secondary N) is 1. The van der Waals surface area contributed by atoms with E-state index in [4.69, 9.17) is 11.6 Å². The van der Waals surface area contributed by atoms with Crippen molar-refractivity contribution in [3.63, 3.8) is 0 Å². The Morgan fingerprint density at radius 3 is 2.66 bits per heavy atom. The third-order valence-corrected chi connectivity index (χ3v) is 5.86. The van der Waals surface area contributed by atoms with Crippen LogP contribution in [0.1, 0.15) is 12.5 Å². The Bertz CT molecular complexity index is 1100. The maximum absolute atomic E-state index is 12.8. The summed E-state index contributed by atoms with van der Waals surface area (Å²) in [6, 6.07) is 13.0. The number of imidazole rings is 1. The largest absolute Gasteiger partial charge is 0.350 e. The van der Waals surface area contributed by atoms with E-state index >= 15 is 0 Å². The summed E-state index contributed by atoms with van der Waals surface area (Å²) in [6.45, 7) is 1.78. The molecule has 1 amide bonds. The Kier molecular flexibility index (Phi) is 6.24. The third-order valence-electron chi connectivity index (χ3n) is 4.38. The number of benzene rings is 2. The van der Waals surface area contributed by atoms with Crippen molar-refractivity contribution in [2.24, 2.45) is 0 Å². The van der Waals surface area contributed by atoms with Gasteiger partial charge in [-0.3, -0.25) is 9.10 Å². The number of aromatic nitrogens is 2. The van der Waals surface area contributed by atoms with Gasteiger partial charge in [-0.05, 0) is 36.8 Å². The summed E-state index contributed by atoms with van der Waals surface area (Å²) in [5, 5.41) is 3.21. The highest BCUT2D eigenvalue weighted by Crippen LogP contribution is 2.24. The summed E-state index contributed by atoms with van der Waals surface area (Å²) in [6.07, 6.45) is 6.22. The fourth-order valence-corrected chi connectivity index (χ4v) is 4.42. The van der Waals surface area contributed by atoms with Gasteiger partial charge in [-0.2, -0.15) is 0 Å². The van der Waals surface area contributed by atoms with Crippen LogP contribution in [0.3, 0.4) is 0 Å². The van der Waals surface area contributed by atoms with Crippen LogP contribution in [0.25, 0.3) is 5.69 Å². The molecule has 0 radical (unpaired) electrons. The Morgan fingerprint density at radius 1 is 1.24 bits per heavy atom. The summed E-state index contributed by atoms with van der Waals surface area (Å²) < 4.78 is 27.6. The van der Waals surface area contributed by atoms with Crippen LogP contribution in [0.15, 0.2) is 67.3 Å². The van der Waals surface area contributed by atoms with Crippen molar-refractivity contribution < 1.29 is 13.2 Å². The summed E-state index contributed by atoms with van der Waals surface area (Å²) >= 11 is 6.00. The number of amides is 1. The van der Waals surface area contributed by atoms with Crippen LogP contribution in [0, 0.1) is 0 Å². The van der Waals surface area contributed by atoms with E-state index in [9.17, 15) is 13.2 Å². The zero-order valence-corrected chi connectivity index (χ0v) is 17.6. The van der Waals surface area contributed by atoms with Gasteiger partial charge in [-0.1, -0.05) is 35.9 Å². The number of anilines is 1. The molecule has 7 nitrogen and oxygen atoms in total. The molecule has 0 aliphatic carbocycles. The van der Waals surface area contributed by atoms with Gasteiger partial charge in [0, 0.05) is 24.0 Å². The molecule has 1 heterocycles. The molecule has 3 aromatic rings. The molecule has 0 aliphatic rings. The first-order valence-corrected chi connectivity index (χ1v) is 11.1. The zero-order valence-electron chi connectivity index (χ0n) is 16.0. The molecule has 0 bridgehead atoms. The SMILES string of the molecule is CC(C(=O)NCc1ccccc1-n1ccnc1)N(c1cccc(Cl)c1)S(C)(=O)=O. The van der Waals surface area contributed by atoms with E-state index in [1.54, 1.807) is 37.6 Å². The summed E-state index contributed by atoms with van der Waals surface area (Å²) in [5.74, 6) is -0.421. The van der Waals surface area contributed by atoms with Crippen molar-refractivity contribution in [3.05, 3.63) is 77.8 Å². The summed E-state index contributed by atoms with van der Waals surface area (Å²) in [5.41, 5.74) is 2.09.